The Hall–Kier alpha value is -3.20. The average Bonchev–Trinajstić information content (AvgIpc) is 2.66. The van der Waals surface area contributed by atoms with Crippen LogP contribution in [-0.2, 0) is 25.1 Å². The van der Waals surface area contributed by atoms with Crippen LogP contribution in [0.1, 0.15) is 34.5 Å². The summed E-state index contributed by atoms with van der Waals surface area (Å²) in [6, 6.07) is 13.5. The van der Waals surface area contributed by atoms with E-state index in [1.54, 1.807) is 37.3 Å². The SMILES string of the molecule is CCNC(=O)NC(=O)[C@@H](OC(=O)c1ccc(CS(C)(=O)=O)cc1)c1ccccc1. The van der Waals surface area contributed by atoms with E-state index in [0.717, 1.165) is 6.26 Å². The van der Waals surface area contributed by atoms with Gasteiger partial charge in [-0.15, -0.1) is 0 Å². The van der Waals surface area contributed by atoms with Crippen molar-refractivity contribution in [1.82, 2.24) is 10.6 Å². The number of esters is 1. The summed E-state index contributed by atoms with van der Waals surface area (Å²) < 4.78 is 28.1. The molecule has 8 nitrogen and oxygen atoms in total. The van der Waals surface area contributed by atoms with Gasteiger partial charge in [-0.1, -0.05) is 42.5 Å². The third kappa shape index (κ3) is 7.04. The number of carbonyl (C=O) groups excluding carboxylic acids is 3. The Morgan fingerprint density at radius 1 is 1.00 bits per heavy atom. The Labute approximate surface area is 169 Å². The maximum Gasteiger partial charge on any atom is 0.339 e. The van der Waals surface area contributed by atoms with Gasteiger partial charge in [-0.2, -0.15) is 0 Å². The van der Waals surface area contributed by atoms with Crippen molar-refractivity contribution in [2.45, 2.75) is 18.8 Å². The van der Waals surface area contributed by atoms with Crippen LogP contribution in [0.3, 0.4) is 0 Å². The topological polar surface area (TPSA) is 119 Å². The number of nitrogens with one attached hydrogen (secondary N) is 2. The van der Waals surface area contributed by atoms with E-state index < -0.39 is 33.8 Å². The summed E-state index contributed by atoms with van der Waals surface area (Å²) >= 11 is 0. The molecule has 0 radical (unpaired) electrons. The number of carbonyl (C=O) groups is 3. The van der Waals surface area contributed by atoms with Crippen molar-refractivity contribution in [2.24, 2.45) is 0 Å². The Kier molecular flexibility index (Phi) is 7.49. The van der Waals surface area contributed by atoms with E-state index in [0.29, 0.717) is 17.7 Å². The van der Waals surface area contributed by atoms with Crippen molar-refractivity contribution in [3.8, 4) is 0 Å². The fourth-order valence-corrected chi connectivity index (χ4v) is 3.30. The van der Waals surface area contributed by atoms with Crippen LogP contribution in [0.5, 0.6) is 0 Å². The van der Waals surface area contributed by atoms with Gasteiger partial charge in [-0.3, -0.25) is 10.1 Å². The van der Waals surface area contributed by atoms with Crippen LogP contribution in [0.15, 0.2) is 54.6 Å². The molecule has 0 aliphatic carbocycles. The van der Waals surface area contributed by atoms with Gasteiger partial charge in [0, 0.05) is 18.4 Å². The fourth-order valence-electron chi connectivity index (χ4n) is 2.50. The highest BCUT2D eigenvalue weighted by molar-refractivity contribution is 7.89. The van der Waals surface area contributed by atoms with Crippen molar-refractivity contribution in [2.75, 3.05) is 12.8 Å². The number of ether oxygens (including phenoxy) is 1. The normalized spacial score (nSPS) is 11.9. The van der Waals surface area contributed by atoms with Gasteiger partial charge in [0.05, 0.1) is 11.3 Å². The minimum atomic E-state index is -3.20. The van der Waals surface area contributed by atoms with E-state index in [9.17, 15) is 22.8 Å². The first-order chi connectivity index (χ1) is 13.7. The van der Waals surface area contributed by atoms with E-state index in [2.05, 4.69) is 10.6 Å². The van der Waals surface area contributed by atoms with Gasteiger partial charge in [0.1, 0.15) is 0 Å². The number of hydrogen-bond acceptors (Lipinski definition) is 6. The molecule has 2 aromatic carbocycles. The van der Waals surface area contributed by atoms with Crippen LogP contribution in [0, 0.1) is 0 Å². The van der Waals surface area contributed by atoms with E-state index >= 15 is 0 Å². The predicted molar refractivity (Wildman–Crippen MR) is 107 cm³/mol. The zero-order chi connectivity index (χ0) is 21.4. The summed E-state index contributed by atoms with van der Waals surface area (Å²) in [6.45, 7) is 2.03. The minimum absolute atomic E-state index is 0.147. The van der Waals surface area contributed by atoms with Crippen LogP contribution in [0.25, 0.3) is 0 Å². The molecule has 9 heteroatoms. The summed E-state index contributed by atoms with van der Waals surface area (Å²) in [5.41, 5.74) is 1.07. The van der Waals surface area contributed by atoms with Crippen LogP contribution in [0.2, 0.25) is 0 Å². The van der Waals surface area contributed by atoms with Crippen LogP contribution >= 0.6 is 0 Å². The minimum Gasteiger partial charge on any atom is -0.444 e. The zero-order valence-electron chi connectivity index (χ0n) is 16.0. The number of imide groups is 1. The molecule has 0 aliphatic rings. The molecule has 3 amide bonds. The summed E-state index contributed by atoms with van der Waals surface area (Å²) in [4.78, 5) is 36.7. The molecule has 0 heterocycles. The molecule has 0 saturated carbocycles. The van der Waals surface area contributed by atoms with Gasteiger partial charge in [-0.05, 0) is 24.6 Å². The molecule has 154 valence electrons. The van der Waals surface area contributed by atoms with Crippen LogP contribution in [-0.4, -0.2) is 39.1 Å². The van der Waals surface area contributed by atoms with Gasteiger partial charge < -0.3 is 10.1 Å². The van der Waals surface area contributed by atoms with E-state index in [1.807, 2.05) is 0 Å². The highest BCUT2D eigenvalue weighted by Gasteiger charge is 2.27. The molecule has 2 rings (SSSR count). The Bertz CT molecular complexity index is 972. The second-order valence-corrected chi connectivity index (χ2v) is 8.45. The number of urea groups is 1. The second kappa shape index (κ2) is 9.83. The highest BCUT2D eigenvalue weighted by atomic mass is 32.2. The first kappa shape index (κ1) is 22.1. The quantitative estimate of drug-likeness (QED) is 0.664. The molecule has 1 atom stereocenters. The number of sulfone groups is 1. The lowest BCUT2D eigenvalue weighted by molar-refractivity contribution is -0.129. The summed E-state index contributed by atoms with van der Waals surface area (Å²) in [6.07, 6.45) is -0.213. The third-order valence-corrected chi connectivity index (χ3v) is 4.62. The standard InChI is InChI=1S/C20H22N2O6S/c1-3-21-20(25)22-18(23)17(15-7-5-4-6-8-15)28-19(24)16-11-9-14(10-12-16)13-29(2,26)27/h4-12,17H,3,13H2,1-2H3,(H2,21,22,23,25)/t17-/m0/s1. The molecule has 0 bridgehead atoms. The monoisotopic (exact) mass is 418 g/mol. The van der Waals surface area contributed by atoms with E-state index in [1.165, 1.54) is 24.3 Å². The summed E-state index contributed by atoms with van der Waals surface area (Å²) in [7, 11) is -3.20. The lowest BCUT2D eigenvalue weighted by atomic mass is 10.1. The zero-order valence-corrected chi connectivity index (χ0v) is 16.9. The molecular formula is C20H22N2O6S. The number of amides is 3. The van der Waals surface area contributed by atoms with Crippen molar-refractivity contribution in [3.63, 3.8) is 0 Å². The molecule has 0 unspecified atom stereocenters. The van der Waals surface area contributed by atoms with Crippen LogP contribution in [0.4, 0.5) is 4.79 Å². The Morgan fingerprint density at radius 3 is 2.17 bits per heavy atom. The van der Waals surface area contributed by atoms with E-state index in [4.69, 9.17) is 4.74 Å². The number of hydrogen-bond donors (Lipinski definition) is 2. The Morgan fingerprint density at radius 2 is 1.62 bits per heavy atom. The van der Waals surface area contributed by atoms with Crippen molar-refractivity contribution < 1.29 is 27.5 Å². The van der Waals surface area contributed by atoms with Gasteiger partial charge in [0.2, 0.25) is 6.10 Å². The van der Waals surface area contributed by atoms with Crippen LogP contribution < -0.4 is 10.6 Å². The summed E-state index contributed by atoms with van der Waals surface area (Å²) in [5.74, 6) is -1.72. The van der Waals surface area contributed by atoms with Crippen molar-refractivity contribution >= 4 is 27.7 Å². The van der Waals surface area contributed by atoms with E-state index in [-0.39, 0.29) is 11.3 Å². The highest BCUT2D eigenvalue weighted by Crippen LogP contribution is 2.20. The largest absolute Gasteiger partial charge is 0.444 e. The molecule has 29 heavy (non-hydrogen) atoms. The van der Waals surface area contributed by atoms with Gasteiger partial charge in [0.25, 0.3) is 5.91 Å². The maximum absolute atomic E-state index is 12.5. The van der Waals surface area contributed by atoms with Gasteiger partial charge >= 0.3 is 12.0 Å². The molecular weight excluding hydrogens is 396 g/mol. The molecule has 0 saturated heterocycles. The number of benzene rings is 2. The average molecular weight is 418 g/mol. The predicted octanol–water partition coefficient (Wildman–Crippen LogP) is 1.97. The Balaban J connectivity index is 2.18. The summed E-state index contributed by atoms with van der Waals surface area (Å²) in [5, 5.41) is 4.57. The smallest absolute Gasteiger partial charge is 0.339 e. The molecule has 2 N–H and O–H groups in total. The first-order valence-corrected chi connectivity index (χ1v) is 10.9. The molecule has 0 fully saturated rings. The van der Waals surface area contributed by atoms with Crippen molar-refractivity contribution in [1.29, 1.82) is 0 Å². The first-order valence-electron chi connectivity index (χ1n) is 8.81. The third-order valence-electron chi connectivity index (χ3n) is 3.76. The lowest BCUT2D eigenvalue weighted by Gasteiger charge is -2.18. The molecule has 2 aromatic rings. The molecule has 0 aliphatic heterocycles. The van der Waals surface area contributed by atoms with Gasteiger partial charge in [0.15, 0.2) is 9.84 Å². The maximum atomic E-state index is 12.5. The fraction of sp³-hybridized carbons (Fsp3) is 0.250. The second-order valence-electron chi connectivity index (χ2n) is 6.31. The molecule has 0 aromatic heterocycles. The van der Waals surface area contributed by atoms with Gasteiger partial charge in [-0.25, -0.2) is 18.0 Å². The molecule has 0 spiro atoms. The van der Waals surface area contributed by atoms with Crippen molar-refractivity contribution in [3.05, 3.63) is 71.3 Å². The number of rotatable bonds is 7. The lowest BCUT2D eigenvalue weighted by Crippen LogP contribution is -2.42.